The summed E-state index contributed by atoms with van der Waals surface area (Å²) in [5.74, 6) is -10.0. The zero-order chi connectivity index (χ0) is 42.1. The van der Waals surface area contributed by atoms with Gasteiger partial charge in [-0.2, -0.15) is 18.2 Å². The maximum absolute atomic E-state index is 15.3. The summed E-state index contributed by atoms with van der Waals surface area (Å²) in [5, 5.41) is 29.7. The third-order valence-corrected chi connectivity index (χ3v) is 12.1. The smallest absolute Gasteiger partial charge is 0.417 e. The van der Waals surface area contributed by atoms with Gasteiger partial charge in [-0.15, -0.1) is 0 Å². The van der Waals surface area contributed by atoms with Crippen molar-refractivity contribution in [3.8, 4) is 11.5 Å². The lowest BCUT2D eigenvalue weighted by molar-refractivity contribution is -0.139. The highest BCUT2D eigenvalue weighted by Crippen LogP contribution is 2.64. The number of hydrazine groups is 1. The summed E-state index contributed by atoms with van der Waals surface area (Å²) in [6.07, 6.45) is -2.58. The molecule has 59 heavy (non-hydrogen) atoms. The van der Waals surface area contributed by atoms with E-state index in [1.807, 2.05) is 0 Å². The van der Waals surface area contributed by atoms with Crippen molar-refractivity contribution in [2.24, 2.45) is 23.7 Å². The van der Waals surface area contributed by atoms with Crippen LogP contribution >= 0.6 is 23.2 Å². The zero-order valence-electron chi connectivity index (χ0n) is 30.3. The molecule has 6 atom stereocenters. The van der Waals surface area contributed by atoms with Crippen molar-refractivity contribution in [3.05, 3.63) is 123 Å². The highest BCUT2D eigenvalue weighted by Gasteiger charge is 2.70. The van der Waals surface area contributed by atoms with Gasteiger partial charge in [0.25, 0.3) is 11.8 Å². The first-order valence-corrected chi connectivity index (χ1v) is 18.9. The standard InChI is InChI=1S/C41H31Cl2F3N4O9/c42-22-5-3-20(4-6-22)40-29(36(54)50(39(40)58)48-34-30(43)15-21(18-47-34)41(44,45)46)17-28-25(33(40)19-1-8-24(9-2-19)59-14-13-51)11-12-27-32(28)37(55)49(35(27)53)23-7-10-26(38(56)57)31(52)16-23/h1-11,15-16,18,27-29,32-33,51-52H,12-14,17H2,(H,47,48)(H,56,57)/t27-,28+,29-,32-,33-,40+/m0/s1. The Morgan fingerprint density at radius 1 is 0.949 bits per heavy atom. The molecule has 4 aromatic rings. The SMILES string of the molecule is O=C(O)c1ccc(N2C(=O)[C@H]3[C@H](CC=C4[C@H]3C[C@H]3C(=O)N(Nc5ncc(C(F)(F)F)cc5Cl)C(=O)[C@@]3(c3ccc(Cl)cc3)[C@H]4c3ccc(OCCO)cc3)C2=O)cc1O. The van der Waals surface area contributed by atoms with E-state index in [9.17, 15) is 47.7 Å². The van der Waals surface area contributed by atoms with Crippen molar-refractivity contribution in [1.82, 2.24) is 9.99 Å². The van der Waals surface area contributed by atoms with Crippen LogP contribution < -0.4 is 15.1 Å². The number of carbonyl (C=O) groups excluding carboxylic acids is 4. The Bertz CT molecular complexity index is 2470. The quantitative estimate of drug-likeness (QED) is 0.108. The van der Waals surface area contributed by atoms with Crippen LogP contribution in [0, 0.1) is 23.7 Å². The third-order valence-electron chi connectivity index (χ3n) is 11.6. The number of alkyl halides is 3. The molecule has 0 bridgehead atoms. The molecule has 3 fully saturated rings. The van der Waals surface area contributed by atoms with Gasteiger partial charge in [-0.3, -0.25) is 24.6 Å². The van der Waals surface area contributed by atoms with E-state index in [4.69, 9.17) is 27.9 Å². The summed E-state index contributed by atoms with van der Waals surface area (Å²) in [5.41, 5.74) is 0.592. The Labute approximate surface area is 342 Å². The van der Waals surface area contributed by atoms with E-state index >= 15 is 4.79 Å². The Kier molecular flexibility index (Phi) is 9.92. The van der Waals surface area contributed by atoms with Crippen molar-refractivity contribution in [1.29, 1.82) is 0 Å². The number of nitrogens with zero attached hydrogens (tertiary/aromatic N) is 3. The molecule has 8 rings (SSSR count). The first-order chi connectivity index (χ1) is 28.1. The number of carboxylic acids is 1. The maximum Gasteiger partial charge on any atom is 0.417 e. The first kappa shape index (κ1) is 39.8. The van der Waals surface area contributed by atoms with Crippen molar-refractivity contribution < 1.29 is 57.2 Å². The fourth-order valence-corrected chi connectivity index (χ4v) is 9.51. The van der Waals surface area contributed by atoms with Crippen LogP contribution in [0.1, 0.15) is 45.8 Å². The van der Waals surface area contributed by atoms with Crippen LogP contribution in [0.25, 0.3) is 0 Å². The molecule has 0 radical (unpaired) electrons. The number of allylic oxidation sites excluding steroid dienone is 2. The number of aromatic carboxylic acids is 1. The lowest BCUT2D eigenvalue weighted by Gasteiger charge is -2.50. The van der Waals surface area contributed by atoms with E-state index in [0.717, 1.165) is 17.0 Å². The van der Waals surface area contributed by atoms with Crippen LogP contribution in [-0.4, -0.2) is 68.1 Å². The summed E-state index contributed by atoms with van der Waals surface area (Å²) in [7, 11) is 0. The number of aliphatic hydroxyl groups is 1. The maximum atomic E-state index is 15.3. The van der Waals surface area contributed by atoms with Crippen molar-refractivity contribution in [3.63, 3.8) is 0 Å². The molecule has 2 aliphatic carbocycles. The predicted molar refractivity (Wildman–Crippen MR) is 203 cm³/mol. The molecule has 1 saturated carbocycles. The van der Waals surface area contributed by atoms with Gasteiger partial charge in [0.15, 0.2) is 5.82 Å². The summed E-state index contributed by atoms with van der Waals surface area (Å²) in [6.45, 7) is -0.263. The Hall–Kier alpha value is -5.97. The molecule has 2 saturated heterocycles. The summed E-state index contributed by atoms with van der Waals surface area (Å²) in [6, 6.07) is 16.8. The van der Waals surface area contributed by atoms with Crippen molar-refractivity contribution >= 4 is 64.3 Å². The average Bonchev–Trinajstić information content (AvgIpc) is 3.58. The number of hydrogen-bond acceptors (Lipinski definition) is 10. The van der Waals surface area contributed by atoms with Gasteiger partial charge in [-0.25, -0.2) is 14.7 Å². The molecule has 0 unspecified atom stereocenters. The van der Waals surface area contributed by atoms with Gasteiger partial charge < -0.3 is 20.1 Å². The number of hydrogen-bond donors (Lipinski definition) is 4. The topological polar surface area (TPSA) is 187 Å². The number of aliphatic hydroxyl groups excluding tert-OH is 1. The molecular formula is C41H31Cl2F3N4O9. The molecule has 4 aliphatic rings. The van der Waals surface area contributed by atoms with Gasteiger partial charge in [0.2, 0.25) is 11.8 Å². The molecule has 0 spiro atoms. The number of ether oxygens (including phenoxy) is 1. The number of rotatable bonds is 9. The molecule has 13 nitrogen and oxygen atoms in total. The van der Waals surface area contributed by atoms with Crippen molar-refractivity contribution in [2.45, 2.75) is 30.4 Å². The van der Waals surface area contributed by atoms with Gasteiger partial charge >= 0.3 is 12.1 Å². The fraction of sp³-hybridized carbons (Fsp3) is 0.268. The number of amides is 4. The van der Waals surface area contributed by atoms with Gasteiger partial charge in [-0.05, 0) is 72.4 Å². The second-order valence-electron chi connectivity index (χ2n) is 14.6. The zero-order valence-corrected chi connectivity index (χ0v) is 31.8. The number of halogens is 5. The Morgan fingerprint density at radius 2 is 1.66 bits per heavy atom. The number of aromatic hydroxyl groups is 1. The number of pyridine rings is 1. The van der Waals surface area contributed by atoms with Gasteiger partial charge in [0.1, 0.15) is 23.7 Å². The second kappa shape index (κ2) is 14.7. The highest BCUT2D eigenvalue weighted by molar-refractivity contribution is 6.33. The van der Waals surface area contributed by atoms with Crippen LogP contribution in [0.4, 0.5) is 24.7 Å². The molecule has 304 valence electrons. The Balaban J connectivity index is 1.28. The van der Waals surface area contributed by atoms with Gasteiger partial charge in [0.05, 0.1) is 46.0 Å². The lowest BCUT2D eigenvalue weighted by atomic mass is 9.49. The van der Waals surface area contributed by atoms with E-state index < -0.39 is 98.5 Å². The molecule has 4 N–H and O–H groups in total. The lowest BCUT2D eigenvalue weighted by Crippen LogP contribution is -2.53. The van der Waals surface area contributed by atoms with Crippen LogP contribution in [0.2, 0.25) is 10.0 Å². The highest BCUT2D eigenvalue weighted by atomic mass is 35.5. The first-order valence-electron chi connectivity index (χ1n) is 18.2. The predicted octanol–water partition coefficient (Wildman–Crippen LogP) is 6.37. The minimum absolute atomic E-state index is 0.00648. The molecular weight excluding hydrogens is 820 g/mol. The fourth-order valence-electron chi connectivity index (χ4n) is 9.17. The number of fused-ring (bicyclic) bond motifs is 4. The third kappa shape index (κ3) is 6.37. The van der Waals surface area contributed by atoms with Gasteiger partial charge in [-0.1, -0.05) is 59.1 Å². The van der Waals surface area contributed by atoms with Crippen LogP contribution in [0.5, 0.6) is 11.5 Å². The molecule has 3 aromatic carbocycles. The number of anilines is 2. The number of carboxylic acid groups (broad SMARTS) is 1. The van der Waals surface area contributed by atoms with E-state index in [0.29, 0.717) is 44.7 Å². The molecule has 18 heteroatoms. The second-order valence-corrected chi connectivity index (χ2v) is 15.4. The minimum atomic E-state index is -4.78. The molecule has 4 amide bonds. The van der Waals surface area contributed by atoms with Crippen LogP contribution in [0.3, 0.4) is 0 Å². The largest absolute Gasteiger partial charge is 0.507 e. The van der Waals surface area contributed by atoms with Crippen molar-refractivity contribution in [2.75, 3.05) is 23.5 Å². The number of benzene rings is 3. The summed E-state index contributed by atoms with van der Waals surface area (Å²) in [4.78, 5) is 75.1. The normalized spacial score (nSPS) is 25.1. The van der Waals surface area contributed by atoms with E-state index in [1.54, 1.807) is 54.6 Å². The van der Waals surface area contributed by atoms with E-state index in [1.165, 1.54) is 6.07 Å². The van der Waals surface area contributed by atoms with Crippen LogP contribution in [0.15, 0.2) is 90.6 Å². The Morgan fingerprint density at radius 3 is 2.29 bits per heavy atom. The number of imide groups is 2. The van der Waals surface area contributed by atoms with Gasteiger partial charge in [0, 0.05) is 23.2 Å². The summed E-state index contributed by atoms with van der Waals surface area (Å²) < 4.78 is 46.1. The molecule has 1 aromatic heterocycles. The molecule has 2 aliphatic heterocycles. The number of nitrogens with one attached hydrogen (secondary N) is 1. The monoisotopic (exact) mass is 850 g/mol. The van der Waals surface area contributed by atoms with E-state index in [2.05, 4.69) is 10.4 Å². The number of phenols is 1. The molecule has 3 heterocycles. The van der Waals surface area contributed by atoms with Crippen LogP contribution in [-0.2, 0) is 30.8 Å². The van der Waals surface area contributed by atoms with E-state index in [-0.39, 0.29) is 31.7 Å². The number of carbonyl (C=O) groups is 5. The summed E-state index contributed by atoms with van der Waals surface area (Å²) >= 11 is 12.6. The minimum Gasteiger partial charge on any atom is -0.507 e. The average molecular weight is 852 g/mol. The number of aromatic nitrogens is 1.